The molecule has 1 aliphatic heterocycles. The van der Waals surface area contributed by atoms with Crippen LogP contribution in [0.15, 0.2) is 42.5 Å². The van der Waals surface area contributed by atoms with E-state index in [-0.39, 0.29) is 12.6 Å². The zero-order chi connectivity index (χ0) is 17.8. The number of benzene rings is 2. The second-order valence-corrected chi connectivity index (χ2v) is 5.75. The van der Waals surface area contributed by atoms with Gasteiger partial charge in [-0.2, -0.15) is 0 Å². The Morgan fingerprint density at radius 1 is 1.20 bits per heavy atom. The third-order valence-corrected chi connectivity index (χ3v) is 3.85. The highest BCUT2D eigenvalue weighted by Crippen LogP contribution is 2.30. The van der Waals surface area contributed by atoms with Crippen molar-refractivity contribution in [3.8, 4) is 11.5 Å². The number of para-hydroxylation sites is 2. The number of fused-ring (bicyclic) bond motifs is 1. The van der Waals surface area contributed by atoms with E-state index in [4.69, 9.17) is 9.47 Å². The highest BCUT2D eigenvalue weighted by molar-refractivity contribution is 5.74. The van der Waals surface area contributed by atoms with Crippen LogP contribution in [0.1, 0.15) is 18.5 Å². The van der Waals surface area contributed by atoms with E-state index >= 15 is 0 Å². The molecule has 0 aromatic heterocycles. The summed E-state index contributed by atoms with van der Waals surface area (Å²) in [6.45, 7) is 2.27. The van der Waals surface area contributed by atoms with Crippen molar-refractivity contribution in [1.82, 2.24) is 10.6 Å². The molecule has 2 unspecified atom stereocenters. The number of halogens is 2. The number of nitrogens with one attached hydrogen (secondary N) is 2. The lowest BCUT2D eigenvalue weighted by molar-refractivity contribution is 0.0917. The predicted molar refractivity (Wildman–Crippen MR) is 87.7 cm³/mol. The summed E-state index contributed by atoms with van der Waals surface area (Å²) >= 11 is 0. The van der Waals surface area contributed by atoms with Gasteiger partial charge >= 0.3 is 6.03 Å². The molecule has 7 heteroatoms. The topological polar surface area (TPSA) is 59.6 Å². The highest BCUT2D eigenvalue weighted by Gasteiger charge is 2.21. The molecule has 0 saturated heterocycles. The molecule has 1 aliphatic rings. The first-order valence-electron chi connectivity index (χ1n) is 7.90. The van der Waals surface area contributed by atoms with Crippen LogP contribution in [0, 0.1) is 11.6 Å². The number of amides is 2. The van der Waals surface area contributed by atoms with E-state index in [1.54, 1.807) is 13.0 Å². The number of ether oxygens (including phenoxy) is 2. The van der Waals surface area contributed by atoms with Crippen LogP contribution in [-0.2, 0) is 0 Å². The van der Waals surface area contributed by atoms with E-state index in [2.05, 4.69) is 10.6 Å². The molecule has 0 bridgehead atoms. The molecule has 2 aromatic carbocycles. The van der Waals surface area contributed by atoms with Gasteiger partial charge in [0.1, 0.15) is 6.61 Å². The van der Waals surface area contributed by atoms with Crippen LogP contribution in [0.4, 0.5) is 13.6 Å². The molecule has 3 rings (SSSR count). The summed E-state index contributed by atoms with van der Waals surface area (Å²) in [4.78, 5) is 12.0. The SMILES string of the molecule is CC(NC(=O)NCC1COc2ccccc2O1)c1ccc(F)c(F)c1. The fraction of sp³-hybridized carbons (Fsp3) is 0.278. The number of carbonyl (C=O) groups is 1. The van der Waals surface area contributed by atoms with Crippen LogP contribution in [0.5, 0.6) is 11.5 Å². The van der Waals surface area contributed by atoms with E-state index in [1.807, 2.05) is 18.2 Å². The maximum atomic E-state index is 13.3. The van der Waals surface area contributed by atoms with Gasteiger partial charge in [0.2, 0.25) is 0 Å². The normalized spacial score (nSPS) is 16.8. The minimum Gasteiger partial charge on any atom is -0.486 e. The Kier molecular flexibility index (Phi) is 5.02. The molecular weight excluding hydrogens is 330 g/mol. The number of hydrogen-bond donors (Lipinski definition) is 2. The summed E-state index contributed by atoms with van der Waals surface area (Å²) < 4.78 is 37.5. The summed E-state index contributed by atoms with van der Waals surface area (Å²) in [5.41, 5.74) is 0.472. The quantitative estimate of drug-likeness (QED) is 0.892. The van der Waals surface area contributed by atoms with Crippen LogP contribution >= 0.6 is 0 Å². The molecular formula is C18H18F2N2O3. The van der Waals surface area contributed by atoms with Gasteiger partial charge in [-0.15, -0.1) is 0 Å². The summed E-state index contributed by atoms with van der Waals surface area (Å²) in [5.74, 6) is -0.556. The van der Waals surface area contributed by atoms with Gasteiger partial charge < -0.3 is 20.1 Å². The Morgan fingerprint density at radius 2 is 1.96 bits per heavy atom. The molecule has 0 saturated carbocycles. The number of urea groups is 1. The van der Waals surface area contributed by atoms with Crippen molar-refractivity contribution in [1.29, 1.82) is 0 Å². The zero-order valence-electron chi connectivity index (χ0n) is 13.6. The molecule has 25 heavy (non-hydrogen) atoms. The fourth-order valence-electron chi connectivity index (χ4n) is 2.48. The van der Waals surface area contributed by atoms with Gasteiger partial charge in [-0.05, 0) is 36.8 Å². The zero-order valence-corrected chi connectivity index (χ0v) is 13.6. The first kappa shape index (κ1) is 17.0. The molecule has 0 radical (unpaired) electrons. The predicted octanol–water partition coefficient (Wildman–Crippen LogP) is 3.17. The van der Waals surface area contributed by atoms with Crippen molar-refractivity contribution in [2.24, 2.45) is 0 Å². The van der Waals surface area contributed by atoms with Crippen molar-refractivity contribution in [2.75, 3.05) is 13.2 Å². The molecule has 1 heterocycles. The van der Waals surface area contributed by atoms with Crippen LogP contribution in [0.2, 0.25) is 0 Å². The summed E-state index contributed by atoms with van der Waals surface area (Å²) in [5, 5.41) is 5.35. The second kappa shape index (κ2) is 7.38. The first-order chi connectivity index (χ1) is 12.0. The summed E-state index contributed by atoms with van der Waals surface area (Å²) in [6.07, 6.45) is -0.306. The van der Waals surface area contributed by atoms with E-state index in [1.165, 1.54) is 6.07 Å². The third kappa shape index (κ3) is 4.17. The molecule has 2 N–H and O–H groups in total. The monoisotopic (exact) mass is 348 g/mol. The van der Waals surface area contributed by atoms with Crippen molar-refractivity contribution >= 4 is 6.03 Å². The van der Waals surface area contributed by atoms with Crippen molar-refractivity contribution in [3.63, 3.8) is 0 Å². The van der Waals surface area contributed by atoms with Crippen LogP contribution in [0.25, 0.3) is 0 Å². The maximum Gasteiger partial charge on any atom is 0.315 e. The lowest BCUT2D eigenvalue weighted by atomic mass is 10.1. The first-order valence-corrected chi connectivity index (χ1v) is 7.90. The Morgan fingerprint density at radius 3 is 2.72 bits per heavy atom. The van der Waals surface area contributed by atoms with Gasteiger partial charge in [0.05, 0.1) is 12.6 Å². The van der Waals surface area contributed by atoms with Gasteiger partial charge in [0.15, 0.2) is 29.2 Å². The minimum absolute atomic E-state index is 0.255. The Hall–Kier alpha value is -2.83. The van der Waals surface area contributed by atoms with E-state index in [0.717, 1.165) is 12.1 Å². The Bertz CT molecular complexity index is 770. The highest BCUT2D eigenvalue weighted by atomic mass is 19.2. The van der Waals surface area contributed by atoms with E-state index < -0.39 is 23.7 Å². The molecule has 2 aromatic rings. The smallest absolute Gasteiger partial charge is 0.315 e. The summed E-state index contributed by atoms with van der Waals surface area (Å²) in [6, 6.07) is 9.93. The molecule has 5 nitrogen and oxygen atoms in total. The summed E-state index contributed by atoms with van der Waals surface area (Å²) in [7, 11) is 0. The molecule has 0 spiro atoms. The lowest BCUT2D eigenvalue weighted by Gasteiger charge is -2.26. The molecule has 2 atom stereocenters. The van der Waals surface area contributed by atoms with Crippen LogP contribution in [-0.4, -0.2) is 25.3 Å². The average Bonchev–Trinajstić information content (AvgIpc) is 2.62. The minimum atomic E-state index is -0.946. The Balaban J connectivity index is 1.49. The van der Waals surface area contributed by atoms with Gasteiger partial charge in [0, 0.05) is 0 Å². The van der Waals surface area contributed by atoms with Crippen molar-refractivity contribution in [2.45, 2.75) is 19.1 Å². The Labute approximate surface area is 143 Å². The molecule has 2 amide bonds. The molecule has 0 aliphatic carbocycles. The molecule has 132 valence electrons. The second-order valence-electron chi connectivity index (χ2n) is 5.75. The van der Waals surface area contributed by atoms with Gasteiger partial charge in [0.25, 0.3) is 0 Å². The number of rotatable bonds is 4. The average molecular weight is 348 g/mol. The van der Waals surface area contributed by atoms with Gasteiger partial charge in [-0.1, -0.05) is 18.2 Å². The van der Waals surface area contributed by atoms with Crippen LogP contribution < -0.4 is 20.1 Å². The fourth-order valence-corrected chi connectivity index (χ4v) is 2.48. The molecule has 0 fully saturated rings. The van der Waals surface area contributed by atoms with E-state index in [0.29, 0.717) is 23.7 Å². The van der Waals surface area contributed by atoms with Crippen molar-refractivity contribution in [3.05, 3.63) is 59.7 Å². The third-order valence-electron chi connectivity index (χ3n) is 3.85. The maximum absolute atomic E-state index is 13.3. The van der Waals surface area contributed by atoms with Crippen LogP contribution in [0.3, 0.4) is 0 Å². The van der Waals surface area contributed by atoms with Crippen molar-refractivity contribution < 1.29 is 23.0 Å². The number of carbonyl (C=O) groups excluding carboxylic acids is 1. The largest absolute Gasteiger partial charge is 0.486 e. The van der Waals surface area contributed by atoms with E-state index in [9.17, 15) is 13.6 Å². The van der Waals surface area contributed by atoms with Gasteiger partial charge in [-0.25, -0.2) is 13.6 Å². The number of hydrogen-bond acceptors (Lipinski definition) is 3. The standard InChI is InChI=1S/C18H18F2N2O3/c1-11(12-6-7-14(19)15(20)8-12)22-18(23)21-9-13-10-24-16-4-2-3-5-17(16)25-13/h2-8,11,13H,9-10H2,1H3,(H2,21,22,23). The lowest BCUT2D eigenvalue weighted by Crippen LogP contribution is -2.45. The van der Waals surface area contributed by atoms with Gasteiger partial charge in [-0.3, -0.25) is 0 Å².